The van der Waals surface area contributed by atoms with Gasteiger partial charge in [0.2, 0.25) is 0 Å². The average molecular weight is 249 g/mol. The minimum atomic E-state index is -0.266. The molecular formula is C15H21O3. The van der Waals surface area contributed by atoms with Gasteiger partial charge in [0.1, 0.15) is 0 Å². The maximum Gasteiger partial charge on any atom is 0.159 e. The Balaban J connectivity index is 1.89. The van der Waals surface area contributed by atoms with Crippen LogP contribution in [-0.2, 0) is 19.8 Å². The van der Waals surface area contributed by atoms with Gasteiger partial charge in [-0.3, -0.25) is 0 Å². The van der Waals surface area contributed by atoms with Crippen LogP contribution in [0, 0.1) is 6.07 Å². The van der Waals surface area contributed by atoms with E-state index in [4.69, 9.17) is 14.2 Å². The monoisotopic (exact) mass is 249 g/mol. The summed E-state index contributed by atoms with van der Waals surface area (Å²) in [5.41, 5.74) is 1.06. The van der Waals surface area contributed by atoms with Crippen LogP contribution < -0.4 is 0 Å². The smallest absolute Gasteiger partial charge is 0.159 e. The molecule has 1 aromatic carbocycles. The van der Waals surface area contributed by atoms with Crippen molar-refractivity contribution in [2.24, 2.45) is 0 Å². The maximum absolute atomic E-state index is 6.04. The molecule has 18 heavy (non-hydrogen) atoms. The molecule has 1 radical (unpaired) electrons. The Morgan fingerprint density at radius 3 is 2.44 bits per heavy atom. The lowest BCUT2D eigenvalue weighted by molar-refractivity contribution is -0.250. The van der Waals surface area contributed by atoms with Crippen molar-refractivity contribution >= 4 is 0 Å². The van der Waals surface area contributed by atoms with Crippen LogP contribution in [0.1, 0.15) is 39.2 Å². The van der Waals surface area contributed by atoms with E-state index in [1.807, 2.05) is 32.9 Å². The topological polar surface area (TPSA) is 27.7 Å². The van der Waals surface area contributed by atoms with Gasteiger partial charge >= 0.3 is 0 Å². The van der Waals surface area contributed by atoms with E-state index in [1.165, 1.54) is 5.56 Å². The molecule has 2 atom stereocenters. The Kier molecular flexibility index (Phi) is 4.38. The predicted octanol–water partition coefficient (Wildman–Crippen LogP) is 3.24. The standard InChI is InChI=1S/C15H21O3/c1-4-16-12(2)17-13(3)18-15(10-11-15)14-8-6-5-7-9-14/h6-9,12-13H,4,10-11H2,1-3H3. The molecule has 3 nitrogen and oxygen atoms in total. The zero-order chi connectivity index (χ0) is 13.0. The lowest BCUT2D eigenvalue weighted by Crippen LogP contribution is -2.27. The van der Waals surface area contributed by atoms with E-state index in [1.54, 1.807) is 0 Å². The summed E-state index contributed by atoms with van der Waals surface area (Å²) in [5, 5.41) is 0. The molecule has 2 unspecified atom stereocenters. The third-order valence-electron chi connectivity index (χ3n) is 3.12. The van der Waals surface area contributed by atoms with Crippen LogP contribution in [0.25, 0.3) is 0 Å². The summed E-state index contributed by atoms with van der Waals surface area (Å²) in [6.45, 7) is 6.41. The van der Waals surface area contributed by atoms with Crippen molar-refractivity contribution in [1.82, 2.24) is 0 Å². The number of hydrogen-bond donors (Lipinski definition) is 0. The zero-order valence-electron chi connectivity index (χ0n) is 11.3. The maximum atomic E-state index is 6.04. The van der Waals surface area contributed by atoms with Crippen LogP contribution in [0.4, 0.5) is 0 Å². The molecule has 1 fully saturated rings. The van der Waals surface area contributed by atoms with Gasteiger partial charge in [-0.1, -0.05) is 24.3 Å². The van der Waals surface area contributed by atoms with E-state index < -0.39 is 0 Å². The van der Waals surface area contributed by atoms with Crippen LogP contribution in [0.3, 0.4) is 0 Å². The van der Waals surface area contributed by atoms with E-state index in [2.05, 4.69) is 18.2 Å². The van der Waals surface area contributed by atoms with Gasteiger partial charge < -0.3 is 14.2 Å². The molecule has 0 amide bonds. The minimum absolute atomic E-state index is 0.152. The largest absolute Gasteiger partial charge is 0.353 e. The SMILES string of the molecule is CCOC(C)OC(C)OC1(c2cc[c]cc2)CC1. The molecule has 1 saturated carbocycles. The normalized spacial score (nSPS) is 20.4. The molecule has 0 saturated heterocycles. The summed E-state index contributed by atoms with van der Waals surface area (Å²) >= 11 is 0. The summed E-state index contributed by atoms with van der Waals surface area (Å²) in [4.78, 5) is 0. The van der Waals surface area contributed by atoms with Crippen LogP contribution >= 0.6 is 0 Å². The third-order valence-corrected chi connectivity index (χ3v) is 3.12. The molecule has 1 aliphatic carbocycles. The van der Waals surface area contributed by atoms with Gasteiger partial charge in [-0.15, -0.1) is 0 Å². The van der Waals surface area contributed by atoms with E-state index in [0.717, 1.165) is 12.8 Å². The Hall–Kier alpha value is -0.900. The van der Waals surface area contributed by atoms with Gasteiger partial charge in [0, 0.05) is 6.61 Å². The Morgan fingerprint density at radius 2 is 1.89 bits per heavy atom. The molecule has 99 valence electrons. The van der Waals surface area contributed by atoms with E-state index in [9.17, 15) is 0 Å². The summed E-state index contributed by atoms with van der Waals surface area (Å²) in [5.74, 6) is 0. The fourth-order valence-corrected chi connectivity index (χ4v) is 2.17. The first-order chi connectivity index (χ1) is 8.66. The highest BCUT2D eigenvalue weighted by Gasteiger charge is 2.47. The van der Waals surface area contributed by atoms with E-state index >= 15 is 0 Å². The second-order valence-electron chi connectivity index (χ2n) is 4.63. The van der Waals surface area contributed by atoms with Gasteiger partial charge in [-0.25, -0.2) is 0 Å². The lowest BCUT2D eigenvalue weighted by atomic mass is 10.1. The van der Waals surface area contributed by atoms with Crippen molar-refractivity contribution in [3.8, 4) is 0 Å². The second-order valence-corrected chi connectivity index (χ2v) is 4.63. The molecule has 0 bridgehead atoms. The van der Waals surface area contributed by atoms with Crippen molar-refractivity contribution < 1.29 is 14.2 Å². The van der Waals surface area contributed by atoms with Crippen molar-refractivity contribution in [3.63, 3.8) is 0 Å². The zero-order valence-corrected chi connectivity index (χ0v) is 11.3. The third kappa shape index (κ3) is 3.31. The summed E-state index contributed by atoms with van der Waals surface area (Å²) in [6.07, 6.45) is 1.60. The number of hydrogen-bond acceptors (Lipinski definition) is 3. The lowest BCUT2D eigenvalue weighted by Gasteiger charge is -2.25. The first kappa shape index (κ1) is 13.5. The summed E-state index contributed by atoms with van der Waals surface area (Å²) in [7, 11) is 0. The van der Waals surface area contributed by atoms with Crippen LogP contribution in [0.2, 0.25) is 0 Å². The molecule has 0 N–H and O–H groups in total. The second kappa shape index (κ2) is 5.83. The molecule has 0 aromatic heterocycles. The fraction of sp³-hybridized carbons (Fsp3) is 0.600. The van der Waals surface area contributed by atoms with Crippen molar-refractivity contribution in [1.29, 1.82) is 0 Å². The van der Waals surface area contributed by atoms with Gasteiger partial charge in [-0.2, -0.15) is 0 Å². The van der Waals surface area contributed by atoms with Crippen LogP contribution in [0.5, 0.6) is 0 Å². The fourth-order valence-electron chi connectivity index (χ4n) is 2.17. The Labute approximate surface area is 109 Å². The molecule has 0 heterocycles. The van der Waals surface area contributed by atoms with Gasteiger partial charge in [0.25, 0.3) is 0 Å². The Bertz CT molecular complexity index is 359. The molecule has 3 heteroatoms. The molecular weight excluding hydrogens is 228 g/mol. The number of ether oxygens (including phenoxy) is 3. The number of rotatable bonds is 7. The van der Waals surface area contributed by atoms with Crippen molar-refractivity contribution in [2.45, 2.75) is 51.8 Å². The minimum Gasteiger partial charge on any atom is -0.353 e. The van der Waals surface area contributed by atoms with E-state index in [0.29, 0.717) is 6.61 Å². The van der Waals surface area contributed by atoms with Crippen molar-refractivity contribution in [3.05, 3.63) is 35.9 Å². The van der Waals surface area contributed by atoms with Crippen LogP contribution in [0.15, 0.2) is 24.3 Å². The highest BCUT2D eigenvalue weighted by Crippen LogP contribution is 2.49. The predicted molar refractivity (Wildman–Crippen MR) is 68.9 cm³/mol. The first-order valence-electron chi connectivity index (χ1n) is 6.58. The Morgan fingerprint density at radius 1 is 1.22 bits per heavy atom. The molecule has 0 spiro atoms. The molecule has 0 aliphatic heterocycles. The summed E-state index contributed by atoms with van der Waals surface area (Å²) in [6, 6.07) is 11.0. The van der Waals surface area contributed by atoms with Gasteiger partial charge in [0.05, 0.1) is 5.60 Å². The quantitative estimate of drug-likeness (QED) is 0.694. The number of benzene rings is 1. The molecule has 1 aromatic rings. The van der Waals surface area contributed by atoms with E-state index in [-0.39, 0.29) is 18.2 Å². The van der Waals surface area contributed by atoms with Crippen molar-refractivity contribution in [2.75, 3.05) is 6.61 Å². The highest BCUT2D eigenvalue weighted by atomic mass is 16.8. The first-order valence-corrected chi connectivity index (χ1v) is 6.58. The summed E-state index contributed by atoms with van der Waals surface area (Å²) < 4.78 is 17.0. The highest BCUT2D eigenvalue weighted by molar-refractivity contribution is 5.27. The van der Waals surface area contributed by atoms with Crippen LogP contribution in [-0.4, -0.2) is 19.2 Å². The van der Waals surface area contributed by atoms with Gasteiger partial charge in [0.15, 0.2) is 12.6 Å². The average Bonchev–Trinajstić information content (AvgIpc) is 3.11. The molecule has 2 rings (SSSR count). The molecule has 1 aliphatic rings. The van der Waals surface area contributed by atoms with Gasteiger partial charge in [-0.05, 0) is 45.2 Å².